The Labute approximate surface area is 205 Å². The minimum absolute atomic E-state index is 0.266. The average molecular weight is 472 g/mol. The lowest BCUT2D eigenvalue weighted by molar-refractivity contribution is 0.0942. The number of rotatable bonds is 13. The molecule has 0 aliphatic rings. The zero-order valence-corrected chi connectivity index (χ0v) is 19.5. The topological polar surface area (TPSA) is 95.6 Å². The summed E-state index contributed by atoms with van der Waals surface area (Å²) in [6.07, 6.45) is 2.79. The van der Waals surface area contributed by atoms with Crippen LogP contribution >= 0.6 is 0 Å². The van der Waals surface area contributed by atoms with Crippen molar-refractivity contribution < 1.29 is 19.2 Å². The van der Waals surface area contributed by atoms with Gasteiger partial charge in [-0.25, -0.2) is 0 Å². The lowest BCUT2D eigenvalue weighted by Gasteiger charge is -2.25. The summed E-state index contributed by atoms with van der Waals surface area (Å²) in [4.78, 5) is 49.4. The summed E-state index contributed by atoms with van der Waals surface area (Å²) in [6, 6.07) is 23.4. The number of benzene rings is 3. The van der Waals surface area contributed by atoms with E-state index in [0.717, 1.165) is 5.69 Å². The quantitative estimate of drug-likeness (QED) is 0.292. The highest BCUT2D eigenvalue weighted by atomic mass is 16.2. The maximum atomic E-state index is 12.4. The number of aldehydes is 2. The van der Waals surface area contributed by atoms with Crippen LogP contribution in [-0.4, -0.2) is 50.6 Å². The standard InChI is InChI=1S/C28H29N3O4/c32-20-22-10-4-6-14-25(22)27(34)29-16-8-18-31(24-12-2-1-3-13-24)19-9-17-30-28(35)26-15-7-5-11-23(26)21-33/h1-7,10-15,20-21H,8-9,16-19H2,(H,29,34)(H,30,35). The third-order valence-electron chi connectivity index (χ3n) is 5.57. The van der Waals surface area contributed by atoms with E-state index in [9.17, 15) is 19.2 Å². The van der Waals surface area contributed by atoms with E-state index in [0.29, 0.717) is 73.8 Å². The van der Waals surface area contributed by atoms with Crippen LogP contribution < -0.4 is 15.5 Å². The third kappa shape index (κ3) is 7.37. The Morgan fingerprint density at radius 3 is 1.51 bits per heavy atom. The molecule has 0 aliphatic heterocycles. The Morgan fingerprint density at radius 1 is 0.629 bits per heavy atom. The molecule has 3 rings (SSSR count). The predicted molar refractivity (Wildman–Crippen MR) is 136 cm³/mol. The molecule has 3 aromatic carbocycles. The van der Waals surface area contributed by atoms with Gasteiger partial charge in [-0.3, -0.25) is 19.2 Å². The van der Waals surface area contributed by atoms with Gasteiger partial charge in [0.05, 0.1) is 0 Å². The molecule has 0 spiro atoms. The van der Waals surface area contributed by atoms with Crippen LogP contribution in [0.25, 0.3) is 0 Å². The van der Waals surface area contributed by atoms with Gasteiger partial charge < -0.3 is 15.5 Å². The second-order valence-electron chi connectivity index (χ2n) is 7.95. The van der Waals surface area contributed by atoms with Gasteiger partial charge >= 0.3 is 0 Å². The largest absolute Gasteiger partial charge is 0.371 e. The Bertz CT molecular complexity index is 1080. The fraction of sp³-hybridized carbons (Fsp3) is 0.214. The van der Waals surface area contributed by atoms with Crippen molar-refractivity contribution in [2.45, 2.75) is 12.8 Å². The highest BCUT2D eigenvalue weighted by molar-refractivity contribution is 6.02. The monoisotopic (exact) mass is 471 g/mol. The van der Waals surface area contributed by atoms with Crippen molar-refractivity contribution in [3.05, 3.63) is 101 Å². The van der Waals surface area contributed by atoms with Gasteiger partial charge in [0, 0.05) is 54.1 Å². The maximum Gasteiger partial charge on any atom is 0.252 e. The number of carbonyl (C=O) groups excluding carboxylic acids is 4. The average Bonchev–Trinajstić information content (AvgIpc) is 2.92. The second-order valence-corrected chi connectivity index (χ2v) is 7.95. The van der Waals surface area contributed by atoms with Crippen molar-refractivity contribution in [1.82, 2.24) is 10.6 Å². The molecular weight excluding hydrogens is 442 g/mol. The lowest BCUT2D eigenvalue weighted by atomic mass is 10.1. The normalized spacial score (nSPS) is 10.3. The smallest absolute Gasteiger partial charge is 0.252 e. The summed E-state index contributed by atoms with van der Waals surface area (Å²) in [5, 5.41) is 5.76. The molecule has 0 unspecified atom stereocenters. The van der Waals surface area contributed by atoms with Gasteiger partial charge in [0.2, 0.25) is 0 Å². The molecule has 3 aromatic rings. The molecule has 7 heteroatoms. The summed E-state index contributed by atoms with van der Waals surface area (Å²) in [5.41, 5.74) is 2.54. The highest BCUT2D eigenvalue weighted by Gasteiger charge is 2.12. The third-order valence-corrected chi connectivity index (χ3v) is 5.57. The molecule has 0 heterocycles. The van der Waals surface area contributed by atoms with Gasteiger partial charge in [-0.2, -0.15) is 0 Å². The maximum absolute atomic E-state index is 12.4. The molecule has 0 radical (unpaired) electrons. The van der Waals surface area contributed by atoms with Crippen molar-refractivity contribution in [1.29, 1.82) is 0 Å². The molecule has 180 valence electrons. The van der Waals surface area contributed by atoms with Crippen LogP contribution in [0.15, 0.2) is 78.9 Å². The van der Waals surface area contributed by atoms with E-state index in [1.54, 1.807) is 48.5 Å². The molecule has 7 nitrogen and oxygen atoms in total. The van der Waals surface area contributed by atoms with Gasteiger partial charge in [0.1, 0.15) is 0 Å². The first kappa shape index (κ1) is 25.4. The molecule has 0 saturated heterocycles. The summed E-state index contributed by atoms with van der Waals surface area (Å²) in [7, 11) is 0. The summed E-state index contributed by atoms with van der Waals surface area (Å²) in [5.74, 6) is -0.533. The van der Waals surface area contributed by atoms with Gasteiger partial charge in [0.15, 0.2) is 12.6 Å². The lowest BCUT2D eigenvalue weighted by Crippen LogP contribution is -2.33. The van der Waals surface area contributed by atoms with Crippen molar-refractivity contribution in [3.8, 4) is 0 Å². The number of hydrogen-bond acceptors (Lipinski definition) is 5. The first-order chi connectivity index (χ1) is 17.1. The van der Waals surface area contributed by atoms with E-state index in [4.69, 9.17) is 0 Å². The molecular formula is C28H29N3O4. The SMILES string of the molecule is O=Cc1ccccc1C(=O)NCCCN(CCCNC(=O)c1ccccc1C=O)c1ccccc1. The van der Waals surface area contributed by atoms with Crippen molar-refractivity contribution in [2.75, 3.05) is 31.1 Å². The minimum Gasteiger partial charge on any atom is -0.371 e. The molecule has 2 amide bonds. The van der Waals surface area contributed by atoms with Gasteiger partial charge in [-0.05, 0) is 37.1 Å². The Balaban J connectivity index is 1.49. The van der Waals surface area contributed by atoms with E-state index in [2.05, 4.69) is 15.5 Å². The summed E-state index contributed by atoms with van der Waals surface area (Å²) >= 11 is 0. The van der Waals surface area contributed by atoms with Crippen LogP contribution in [0.1, 0.15) is 54.3 Å². The van der Waals surface area contributed by atoms with Gasteiger partial charge in [0.25, 0.3) is 11.8 Å². The Morgan fingerprint density at radius 2 is 1.06 bits per heavy atom. The van der Waals surface area contributed by atoms with Crippen LogP contribution in [0.2, 0.25) is 0 Å². The van der Waals surface area contributed by atoms with Crippen LogP contribution in [0.4, 0.5) is 5.69 Å². The molecule has 2 N–H and O–H groups in total. The summed E-state index contributed by atoms with van der Waals surface area (Å²) in [6.45, 7) is 2.35. The molecule has 0 atom stereocenters. The van der Waals surface area contributed by atoms with E-state index >= 15 is 0 Å². The van der Waals surface area contributed by atoms with Crippen LogP contribution in [0.3, 0.4) is 0 Å². The Kier molecular flexibility index (Phi) is 9.75. The van der Waals surface area contributed by atoms with Gasteiger partial charge in [-0.15, -0.1) is 0 Å². The van der Waals surface area contributed by atoms with Gasteiger partial charge in [-0.1, -0.05) is 54.6 Å². The highest BCUT2D eigenvalue weighted by Crippen LogP contribution is 2.14. The number of nitrogens with zero attached hydrogens (tertiary/aromatic N) is 1. The number of hydrogen-bond donors (Lipinski definition) is 2. The van der Waals surface area contributed by atoms with Crippen LogP contribution in [-0.2, 0) is 0 Å². The first-order valence-corrected chi connectivity index (χ1v) is 11.6. The first-order valence-electron chi connectivity index (χ1n) is 11.6. The summed E-state index contributed by atoms with van der Waals surface area (Å²) < 4.78 is 0. The number of anilines is 1. The fourth-order valence-electron chi connectivity index (χ4n) is 3.76. The van der Waals surface area contributed by atoms with Crippen molar-refractivity contribution >= 4 is 30.1 Å². The number of nitrogens with one attached hydrogen (secondary N) is 2. The molecule has 0 fully saturated rings. The van der Waals surface area contributed by atoms with E-state index in [1.165, 1.54) is 0 Å². The van der Waals surface area contributed by atoms with E-state index in [-0.39, 0.29) is 11.8 Å². The van der Waals surface area contributed by atoms with Crippen molar-refractivity contribution in [2.24, 2.45) is 0 Å². The van der Waals surface area contributed by atoms with E-state index < -0.39 is 0 Å². The zero-order chi connectivity index (χ0) is 24.9. The minimum atomic E-state index is -0.266. The fourth-order valence-corrected chi connectivity index (χ4v) is 3.76. The second kappa shape index (κ2) is 13.4. The number of para-hydroxylation sites is 1. The number of carbonyl (C=O) groups is 4. The molecule has 35 heavy (non-hydrogen) atoms. The Hall–Kier alpha value is -4.26. The molecule has 0 saturated carbocycles. The van der Waals surface area contributed by atoms with Crippen molar-refractivity contribution in [3.63, 3.8) is 0 Å². The van der Waals surface area contributed by atoms with Crippen LogP contribution in [0, 0.1) is 0 Å². The molecule has 0 bridgehead atoms. The molecule has 0 aromatic heterocycles. The number of amides is 2. The molecule has 0 aliphatic carbocycles. The predicted octanol–water partition coefficient (Wildman–Crippen LogP) is 3.76. The van der Waals surface area contributed by atoms with Crippen LogP contribution in [0.5, 0.6) is 0 Å². The van der Waals surface area contributed by atoms with E-state index in [1.807, 2.05) is 30.3 Å². The zero-order valence-electron chi connectivity index (χ0n) is 19.5.